The average molecular weight is 213 g/mol. The minimum Gasteiger partial charge on any atom is -0.479 e. The first kappa shape index (κ1) is 9.52. The Kier molecular flexibility index (Phi) is 1.73. The number of hydrogen-bond donors (Lipinski definition) is 0. The van der Waals surface area contributed by atoms with Gasteiger partial charge in [0.15, 0.2) is 0 Å². The molecule has 3 rings (SSSR count). The molecule has 0 aliphatic carbocycles. The van der Waals surface area contributed by atoms with E-state index in [4.69, 9.17) is 4.74 Å². The summed E-state index contributed by atoms with van der Waals surface area (Å²) in [5, 5.41) is 0. The summed E-state index contributed by atoms with van der Waals surface area (Å²) in [4.78, 5) is 0. The summed E-state index contributed by atoms with van der Waals surface area (Å²) in [6, 6.07) is 12.5. The molecule has 1 aliphatic rings. The number of aryl methyl sites for hydroxylation is 1. The monoisotopic (exact) mass is 213 g/mol. The van der Waals surface area contributed by atoms with Gasteiger partial charge < -0.3 is 9.30 Å². The van der Waals surface area contributed by atoms with Crippen molar-refractivity contribution in [3.63, 3.8) is 0 Å². The van der Waals surface area contributed by atoms with E-state index >= 15 is 0 Å². The first-order valence-electron chi connectivity index (χ1n) is 5.57. The van der Waals surface area contributed by atoms with Crippen LogP contribution in [0.2, 0.25) is 0 Å². The van der Waals surface area contributed by atoms with Gasteiger partial charge in [0.1, 0.15) is 11.4 Å². The molecule has 0 saturated heterocycles. The van der Waals surface area contributed by atoms with Crippen LogP contribution in [0.5, 0.6) is 5.75 Å². The van der Waals surface area contributed by atoms with E-state index in [2.05, 4.69) is 43.5 Å². The second-order valence-electron chi connectivity index (χ2n) is 4.78. The van der Waals surface area contributed by atoms with Crippen LogP contribution in [0.3, 0.4) is 0 Å². The maximum atomic E-state index is 6.04. The Morgan fingerprint density at radius 2 is 1.81 bits per heavy atom. The highest BCUT2D eigenvalue weighted by atomic mass is 16.5. The van der Waals surface area contributed by atoms with Crippen molar-refractivity contribution in [2.24, 2.45) is 0 Å². The third-order valence-electron chi connectivity index (χ3n) is 3.16. The van der Waals surface area contributed by atoms with Crippen molar-refractivity contribution in [1.82, 2.24) is 4.57 Å². The van der Waals surface area contributed by atoms with Crippen LogP contribution in [-0.2, 0) is 5.60 Å². The molecule has 0 spiro atoms. The van der Waals surface area contributed by atoms with Gasteiger partial charge in [-0.25, -0.2) is 0 Å². The molecule has 0 fully saturated rings. The second kappa shape index (κ2) is 2.91. The van der Waals surface area contributed by atoms with E-state index in [1.807, 2.05) is 18.2 Å². The standard InChI is InChI=1S/C14H15NO/c1-10-8-9-13-14(2,3)16-12-7-5-4-6-11(12)15(10)13/h4-9H,1-3H3. The van der Waals surface area contributed by atoms with Gasteiger partial charge >= 0.3 is 0 Å². The van der Waals surface area contributed by atoms with E-state index in [0.29, 0.717) is 0 Å². The second-order valence-corrected chi connectivity index (χ2v) is 4.78. The van der Waals surface area contributed by atoms with Crippen LogP contribution in [0, 0.1) is 6.92 Å². The molecule has 2 nitrogen and oxygen atoms in total. The summed E-state index contributed by atoms with van der Waals surface area (Å²) < 4.78 is 8.31. The van der Waals surface area contributed by atoms with E-state index in [-0.39, 0.29) is 5.60 Å². The quantitative estimate of drug-likeness (QED) is 0.654. The van der Waals surface area contributed by atoms with Gasteiger partial charge in [-0.1, -0.05) is 12.1 Å². The largest absolute Gasteiger partial charge is 0.479 e. The Hall–Kier alpha value is -1.70. The molecule has 0 atom stereocenters. The van der Waals surface area contributed by atoms with Crippen LogP contribution in [0.25, 0.3) is 5.69 Å². The molecule has 82 valence electrons. The van der Waals surface area contributed by atoms with Crippen LogP contribution < -0.4 is 4.74 Å². The van der Waals surface area contributed by atoms with Crippen LogP contribution >= 0.6 is 0 Å². The predicted octanol–water partition coefficient (Wildman–Crippen LogP) is 3.41. The number of para-hydroxylation sites is 2. The van der Waals surface area contributed by atoms with E-state index < -0.39 is 0 Å². The van der Waals surface area contributed by atoms with Gasteiger partial charge in [-0.2, -0.15) is 0 Å². The number of rotatable bonds is 0. The zero-order valence-electron chi connectivity index (χ0n) is 9.82. The summed E-state index contributed by atoms with van der Waals surface area (Å²) in [6.45, 7) is 6.34. The topological polar surface area (TPSA) is 14.2 Å². The normalized spacial score (nSPS) is 16.2. The molecule has 2 heteroatoms. The van der Waals surface area contributed by atoms with Crippen molar-refractivity contribution in [2.45, 2.75) is 26.4 Å². The molecule has 1 aromatic heterocycles. The van der Waals surface area contributed by atoms with Gasteiger partial charge in [0, 0.05) is 5.69 Å². The Morgan fingerprint density at radius 3 is 2.62 bits per heavy atom. The van der Waals surface area contributed by atoms with Crippen molar-refractivity contribution in [2.75, 3.05) is 0 Å². The van der Waals surface area contributed by atoms with Crippen molar-refractivity contribution in [3.8, 4) is 11.4 Å². The highest BCUT2D eigenvalue weighted by Crippen LogP contribution is 2.39. The average Bonchev–Trinajstić information content (AvgIpc) is 2.61. The number of aromatic nitrogens is 1. The van der Waals surface area contributed by atoms with Crippen LogP contribution in [0.1, 0.15) is 25.2 Å². The highest BCUT2D eigenvalue weighted by molar-refractivity contribution is 5.53. The smallest absolute Gasteiger partial charge is 0.144 e. The van der Waals surface area contributed by atoms with E-state index in [1.165, 1.54) is 11.4 Å². The molecule has 2 heterocycles. The van der Waals surface area contributed by atoms with Gasteiger partial charge in [0.25, 0.3) is 0 Å². The molecule has 0 N–H and O–H groups in total. The third-order valence-corrected chi connectivity index (χ3v) is 3.16. The Labute approximate surface area is 95.5 Å². The highest BCUT2D eigenvalue weighted by Gasteiger charge is 2.33. The number of hydrogen-bond acceptors (Lipinski definition) is 1. The van der Waals surface area contributed by atoms with Crippen LogP contribution in [0.15, 0.2) is 36.4 Å². The number of benzene rings is 1. The fourth-order valence-corrected chi connectivity index (χ4v) is 2.38. The van der Waals surface area contributed by atoms with E-state index in [1.54, 1.807) is 0 Å². The molecule has 0 radical (unpaired) electrons. The zero-order chi connectivity index (χ0) is 11.3. The summed E-state index contributed by atoms with van der Waals surface area (Å²) in [5.74, 6) is 0.958. The molecular weight excluding hydrogens is 198 g/mol. The minimum absolute atomic E-state index is 0.261. The van der Waals surface area contributed by atoms with E-state index in [9.17, 15) is 0 Å². The zero-order valence-corrected chi connectivity index (χ0v) is 9.82. The van der Waals surface area contributed by atoms with Gasteiger partial charge in [0.2, 0.25) is 0 Å². The molecule has 0 saturated carbocycles. The maximum Gasteiger partial charge on any atom is 0.144 e. The summed E-state index contributed by atoms with van der Waals surface area (Å²) in [5.41, 5.74) is 3.34. The lowest BCUT2D eigenvalue weighted by molar-refractivity contribution is 0.0922. The van der Waals surface area contributed by atoms with Crippen molar-refractivity contribution in [1.29, 1.82) is 0 Å². The molecule has 1 aliphatic heterocycles. The van der Waals surface area contributed by atoms with Gasteiger partial charge in [-0.3, -0.25) is 0 Å². The molecule has 0 bridgehead atoms. The fraction of sp³-hybridized carbons (Fsp3) is 0.286. The Balaban J connectivity index is 2.36. The van der Waals surface area contributed by atoms with Gasteiger partial charge in [-0.05, 0) is 45.0 Å². The maximum absolute atomic E-state index is 6.04. The Morgan fingerprint density at radius 1 is 1.06 bits per heavy atom. The van der Waals surface area contributed by atoms with Crippen LogP contribution in [-0.4, -0.2) is 4.57 Å². The molecule has 0 unspecified atom stereocenters. The molecule has 2 aromatic rings. The SMILES string of the molecule is Cc1ccc2n1-c1ccccc1OC2(C)C. The Bertz CT molecular complexity index is 552. The molecule has 0 amide bonds. The van der Waals surface area contributed by atoms with Crippen molar-refractivity contribution in [3.05, 3.63) is 47.8 Å². The van der Waals surface area contributed by atoms with Crippen molar-refractivity contribution >= 4 is 0 Å². The van der Waals surface area contributed by atoms with E-state index in [0.717, 1.165) is 11.4 Å². The lowest BCUT2D eigenvalue weighted by Crippen LogP contribution is -2.32. The lowest BCUT2D eigenvalue weighted by atomic mass is 10.0. The number of fused-ring (bicyclic) bond motifs is 3. The predicted molar refractivity (Wildman–Crippen MR) is 64.2 cm³/mol. The van der Waals surface area contributed by atoms with Crippen molar-refractivity contribution < 1.29 is 4.74 Å². The first-order valence-corrected chi connectivity index (χ1v) is 5.57. The summed E-state index contributed by atoms with van der Waals surface area (Å²) in [7, 11) is 0. The van der Waals surface area contributed by atoms with Gasteiger partial charge in [-0.15, -0.1) is 0 Å². The molecular formula is C14H15NO. The minimum atomic E-state index is -0.261. The van der Waals surface area contributed by atoms with Gasteiger partial charge in [0.05, 0.1) is 11.4 Å². The number of nitrogens with zero attached hydrogens (tertiary/aromatic N) is 1. The number of ether oxygens (including phenoxy) is 1. The third kappa shape index (κ3) is 1.13. The molecule has 1 aromatic carbocycles. The lowest BCUT2D eigenvalue weighted by Gasteiger charge is -2.34. The first-order chi connectivity index (χ1) is 7.59. The summed E-state index contributed by atoms with van der Waals surface area (Å²) in [6.07, 6.45) is 0. The van der Waals surface area contributed by atoms with Crippen LogP contribution in [0.4, 0.5) is 0 Å². The molecule has 16 heavy (non-hydrogen) atoms. The fourth-order valence-electron chi connectivity index (χ4n) is 2.38. The summed E-state index contributed by atoms with van der Waals surface area (Å²) >= 11 is 0.